The van der Waals surface area contributed by atoms with Crippen LogP contribution in [0.4, 0.5) is 0 Å². The fraction of sp³-hybridized carbons (Fsp3) is 0.0769. The molecule has 0 aliphatic heterocycles. The highest BCUT2D eigenvalue weighted by atomic mass is 32.2. The van der Waals surface area contributed by atoms with Crippen LogP contribution in [-0.2, 0) is 0 Å². The molecule has 0 amide bonds. The Balaban J connectivity index is 2.38. The van der Waals surface area contributed by atoms with E-state index in [1.54, 1.807) is 19.2 Å². The van der Waals surface area contributed by atoms with Crippen LogP contribution in [0.15, 0.2) is 41.4 Å². The third-order valence-electron chi connectivity index (χ3n) is 2.65. The molecule has 0 radical (unpaired) electrons. The number of benzene rings is 1. The van der Waals surface area contributed by atoms with Gasteiger partial charge in [0, 0.05) is 22.5 Å². The van der Waals surface area contributed by atoms with Crippen molar-refractivity contribution >= 4 is 17.7 Å². The summed E-state index contributed by atoms with van der Waals surface area (Å²) in [7, 11) is 0. The number of aromatic nitrogens is 1. The van der Waals surface area contributed by atoms with E-state index < -0.39 is 5.97 Å². The predicted octanol–water partition coefficient (Wildman–Crippen LogP) is 3.06. The number of hydrogen-bond acceptors (Lipinski definition) is 3. The van der Waals surface area contributed by atoms with Crippen molar-refractivity contribution in [2.45, 2.75) is 11.8 Å². The van der Waals surface area contributed by atoms with Crippen LogP contribution >= 0.6 is 11.8 Å². The van der Waals surface area contributed by atoms with Crippen molar-refractivity contribution in [1.29, 1.82) is 5.26 Å². The molecule has 0 fully saturated rings. The molecule has 0 atom stereocenters. The molecule has 2 aromatic rings. The van der Waals surface area contributed by atoms with E-state index in [1.807, 2.05) is 34.2 Å². The summed E-state index contributed by atoms with van der Waals surface area (Å²) in [6, 6.07) is 8.97. The van der Waals surface area contributed by atoms with E-state index in [0.717, 1.165) is 22.3 Å². The molecule has 0 saturated carbocycles. The second-order valence-corrected chi connectivity index (χ2v) is 4.54. The van der Waals surface area contributed by atoms with Crippen molar-refractivity contribution in [3.05, 3.63) is 47.8 Å². The molecular formula is C13H10N2O2S. The first-order chi connectivity index (χ1) is 8.63. The summed E-state index contributed by atoms with van der Waals surface area (Å²) in [6.07, 6.45) is 1.73. The van der Waals surface area contributed by atoms with Crippen LogP contribution in [0.2, 0.25) is 0 Å². The maximum atomic E-state index is 11.0. The number of carboxylic acids is 1. The minimum atomic E-state index is -0.928. The van der Waals surface area contributed by atoms with Crippen LogP contribution < -0.4 is 0 Å². The number of nitrogens with zero attached hydrogens (tertiary/aromatic N) is 2. The minimum absolute atomic E-state index is 0.297. The Morgan fingerprint density at radius 2 is 2.00 bits per heavy atom. The van der Waals surface area contributed by atoms with E-state index in [9.17, 15) is 4.79 Å². The molecule has 0 aliphatic carbocycles. The van der Waals surface area contributed by atoms with Gasteiger partial charge in [-0.2, -0.15) is 5.26 Å². The highest BCUT2D eigenvalue weighted by Crippen LogP contribution is 2.21. The molecule has 4 nitrogen and oxygen atoms in total. The third kappa shape index (κ3) is 2.24. The molecule has 5 heteroatoms. The predicted molar refractivity (Wildman–Crippen MR) is 68.9 cm³/mol. The monoisotopic (exact) mass is 258 g/mol. The first-order valence-electron chi connectivity index (χ1n) is 5.21. The lowest BCUT2D eigenvalue weighted by Crippen LogP contribution is -2.00. The summed E-state index contributed by atoms with van der Waals surface area (Å²) in [6.45, 7) is 1.77. The standard InChI is InChI=1S/C13H10N2O2S/c1-9-12(13(16)17)6-7-15(9)10-2-4-11(5-3-10)18-8-14/h2-7H,1H3,(H,16,17). The Bertz CT molecular complexity index is 623. The number of thiocyanates is 1. The van der Waals surface area contributed by atoms with Gasteiger partial charge in [-0.3, -0.25) is 0 Å². The second-order valence-electron chi connectivity index (χ2n) is 3.68. The minimum Gasteiger partial charge on any atom is -0.478 e. The molecule has 1 aromatic carbocycles. The largest absolute Gasteiger partial charge is 0.478 e. The zero-order valence-corrected chi connectivity index (χ0v) is 10.4. The summed E-state index contributed by atoms with van der Waals surface area (Å²) < 4.78 is 1.81. The van der Waals surface area contributed by atoms with Crippen molar-refractivity contribution in [2.75, 3.05) is 0 Å². The Kier molecular flexibility index (Phi) is 3.40. The van der Waals surface area contributed by atoms with E-state index in [2.05, 4.69) is 0 Å². The number of nitriles is 1. The van der Waals surface area contributed by atoms with Crippen molar-refractivity contribution in [3.63, 3.8) is 0 Å². The first kappa shape index (κ1) is 12.3. The number of thioether (sulfide) groups is 1. The van der Waals surface area contributed by atoms with E-state index in [-0.39, 0.29) is 0 Å². The van der Waals surface area contributed by atoms with Gasteiger partial charge in [-0.15, -0.1) is 0 Å². The van der Waals surface area contributed by atoms with Crippen molar-refractivity contribution < 1.29 is 9.90 Å². The second kappa shape index (κ2) is 4.98. The summed E-state index contributed by atoms with van der Waals surface area (Å²) >= 11 is 1.10. The Hall–Kier alpha value is -2.19. The quantitative estimate of drug-likeness (QED) is 0.678. The van der Waals surface area contributed by atoms with Crippen LogP contribution in [0, 0.1) is 17.6 Å². The molecule has 0 bridgehead atoms. The molecular weight excluding hydrogens is 248 g/mol. The van der Waals surface area contributed by atoms with Gasteiger partial charge in [0.25, 0.3) is 0 Å². The van der Waals surface area contributed by atoms with Crippen LogP contribution in [0.3, 0.4) is 0 Å². The van der Waals surface area contributed by atoms with Gasteiger partial charge in [0.15, 0.2) is 0 Å². The van der Waals surface area contributed by atoms with Crippen LogP contribution in [-0.4, -0.2) is 15.6 Å². The number of rotatable bonds is 3. The smallest absolute Gasteiger partial charge is 0.337 e. The maximum Gasteiger partial charge on any atom is 0.337 e. The first-order valence-corrected chi connectivity index (χ1v) is 6.02. The van der Waals surface area contributed by atoms with Crippen molar-refractivity contribution in [1.82, 2.24) is 4.57 Å². The van der Waals surface area contributed by atoms with Gasteiger partial charge in [0.05, 0.1) is 5.56 Å². The number of carbonyl (C=O) groups is 1. The van der Waals surface area contributed by atoms with Gasteiger partial charge in [-0.1, -0.05) is 0 Å². The van der Waals surface area contributed by atoms with Gasteiger partial charge >= 0.3 is 5.97 Å². The van der Waals surface area contributed by atoms with Gasteiger partial charge in [-0.25, -0.2) is 4.79 Å². The molecule has 0 spiro atoms. The zero-order valence-electron chi connectivity index (χ0n) is 9.62. The fourth-order valence-corrected chi connectivity index (χ4v) is 2.12. The molecule has 2 rings (SSSR count). The Morgan fingerprint density at radius 3 is 2.50 bits per heavy atom. The molecule has 0 aliphatic rings. The zero-order chi connectivity index (χ0) is 13.1. The van der Waals surface area contributed by atoms with Gasteiger partial charge in [0.2, 0.25) is 0 Å². The van der Waals surface area contributed by atoms with E-state index in [0.29, 0.717) is 11.3 Å². The lowest BCUT2D eigenvalue weighted by atomic mass is 10.2. The van der Waals surface area contributed by atoms with Crippen LogP contribution in [0.1, 0.15) is 16.1 Å². The highest BCUT2D eigenvalue weighted by molar-refractivity contribution is 8.03. The lowest BCUT2D eigenvalue weighted by molar-refractivity contribution is 0.0696. The molecule has 0 saturated heterocycles. The Labute approximate surface area is 108 Å². The van der Waals surface area contributed by atoms with Crippen molar-refractivity contribution in [3.8, 4) is 11.1 Å². The maximum absolute atomic E-state index is 11.0. The summed E-state index contributed by atoms with van der Waals surface area (Å²) in [5.41, 5.74) is 1.86. The van der Waals surface area contributed by atoms with Crippen molar-refractivity contribution in [2.24, 2.45) is 0 Å². The van der Waals surface area contributed by atoms with E-state index in [1.165, 1.54) is 0 Å². The molecule has 18 heavy (non-hydrogen) atoms. The average molecular weight is 258 g/mol. The fourth-order valence-electron chi connectivity index (χ4n) is 1.74. The normalized spacial score (nSPS) is 10.0. The SMILES string of the molecule is Cc1c(C(=O)O)ccn1-c1ccc(SC#N)cc1. The number of hydrogen-bond donors (Lipinski definition) is 1. The highest BCUT2D eigenvalue weighted by Gasteiger charge is 2.11. The molecule has 0 unspecified atom stereocenters. The summed E-state index contributed by atoms with van der Waals surface area (Å²) in [5, 5.41) is 19.6. The topological polar surface area (TPSA) is 66.0 Å². The van der Waals surface area contributed by atoms with Crippen LogP contribution in [0.5, 0.6) is 0 Å². The Morgan fingerprint density at radius 1 is 1.33 bits per heavy atom. The summed E-state index contributed by atoms with van der Waals surface area (Å²) in [4.78, 5) is 11.8. The third-order valence-corrected chi connectivity index (χ3v) is 3.25. The molecule has 1 aromatic heterocycles. The number of carboxylic acid groups (broad SMARTS) is 1. The van der Waals surface area contributed by atoms with E-state index >= 15 is 0 Å². The van der Waals surface area contributed by atoms with E-state index in [4.69, 9.17) is 10.4 Å². The van der Waals surface area contributed by atoms with Gasteiger partial charge in [-0.05, 0) is 49.0 Å². The molecule has 1 N–H and O–H groups in total. The molecule has 90 valence electrons. The lowest BCUT2D eigenvalue weighted by Gasteiger charge is -2.07. The van der Waals surface area contributed by atoms with Crippen LogP contribution in [0.25, 0.3) is 5.69 Å². The van der Waals surface area contributed by atoms with Gasteiger partial charge in [0.1, 0.15) is 5.40 Å². The number of aromatic carboxylic acids is 1. The summed E-state index contributed by atoms with van der Waals surface area (Å²) in [5.74, 6) is -0.928. The average Bonchev–Trinajstić information content (AvgIpc) is 2.73. The molecule has 1 heterocycles. The van der Waals surface area contributed by atoms with Gasteiger partial charge < -0.3 is 9.67 Å².